The zero-order valence-electron chi connectivity index (χ0n) is 10.2. The highest BCUT2D eigenvalue weighted by Gasteiger charge is 2.10. The molecule has 6 nitrogen and oxygen atoms in total. The molecule has 0 spiro atoms. The van der Waals surface area contributed by atoms with Gasteiger partial charge in [-0.1, -0.05) is 30.3 Å². The van der Waals surface area contributed by atoms with Crippen LogP contribution in [0.2, 0.25) is 0 Å². The van der Waals surface area contributed by atoms with Crippen LogP contribution in [0.1, 0.15) is 0 Å². The molecule has 3 rings (SSSR count). The van der Waals surface area contributed by atoms with E-state index < -0.39 is 11.9 Å². The molecule has 2 aliphatic rings. The first-order valence-corrected chi connectivity index (χ1v) is 5.46. The highest BCUT2D eigenvalue weighted by atomic mass is 16.6. The quantitative estimate of drug-likeness (QED) is 0.417. The SMILES string of the molecule is O=C1C=CC(=O)N1.O=C1C=CC(=O)O1.[c]1ccccc1. The number of amides is 2. The van der Waals surface area contributed by atoms with Crippen molar-refractivity contribution in [3.63, 3.8) is 0 Å². The van der Waals surface area contributed by atoms with Crippen LogP contribution in [0.5, 0.6) is 0 Å². The number of imide groups is 1. The van der Waals surface area contributed by atoms with Crippen LogP contribution < -0.4 is 5.32 Å². The van der Waals surface area contributed by atoms with E-state index in [0.29, 0.717) is 0 Å². The molecule has 0 aromatic heterocycles. The van der Waals surface area contributed by atoms with Gasteiger partial charge >= 0.3 is 11.9 Å². The Morgan fingerprint density at radius 2 is 1.25 bits per heavy atom. The third-order valence-electron chi connectivity index (χ3n) is 1.80. The monoisotopic (exact) mass is 272 g/mol. The maximum Gasteiger partial charge on any atom is 0.338 e. The van der Waals surface area contributed by atoms with Gasteiger partial charge in [-0.25, -0.2) is 9.59 Å². The number of carbonyl (C=O) groups excluding carboxylic acids is 4. The number of esters is 2. The zero-order valence-corrected chi connectivity index (χ0v) is 10.2. The third kappa shape index (κ3) is 6.65. The molecule has 0 aliphatic carbocycles. The summed E-state index contributed by atoms with van der Waals surface area (Å²) in [5.41, 5.74) is 0. The van der Waals surface area contributed by atoms with Crippen molar-refractivity contribution in [3.05, 3.63) is 60.7 Å². The smallest absolute Gasteiger partial charge is 0.338 e. The number of hydrogen-bond donors (Lipinski definition) is 1. The lowest BCUT2D eigenvalue weighted by Crippen LogP contribution is -2.19. The van der Waals surface area contributed by atoms with E-state index in [4.69, 9.17) is 0 Å². The Morgan fingerprint density at radius 3 is 1.40 bits per heavy atom. The van der Waals surface area contributed by atoms with E-state index in [1.807, 2.05) is 35.6 Å². The Labute approximate surface area is 114 Å². The molecule has 6 heteroatoms. The summed E-state index contributed by atoms with van der Waals surface area (Å²) < 4.78 is 3.97. The Kier molecular flexibility index (Phi) is 6.13. The molecule has 2 amide bonds. The van der Waals surface area contributed by atoms with E-state index >= 15 is 0 Å². The molecule has 0 atom stereocenters. The number of hydrogen-bond acceptors (Lipinski definition) is 5. The molecule has 1 N–H and O–H groups in total. The van der Waals surface area contributed by atoms with Gasteiger partial charge < -0.3 is 4.74 Å². The maximum absolute atomic E-state index is 10.0. The molecule has 101 valence electrons. The summed E-state index contributed by atoms with van der Waals surface area (Å²) in [5, 5.41) is 2.03. The molecule has 1 aromatic rings. The Balaban J connectivity index is 0.000000151. The molecule has 2 aliphatic heterocycles. The van der Waals surface area contributed by atoms with Crippen LogP contribution in [0.25, 0.3) is 0 Å². The summed E-state index contributed by atoms with van der Waals surface area (Å²) in [5.74, 6) is -1.81. The van der Waals surface area contributed by atoms with Crippen LogP contribution in [0.3, 0.4) is 0 Å². The molecule has 0 unspecified atom stereocenters. The summed E-state index contributed by atoms with van der Waals surface area (Å²) in [4.78, 5) is 39.9. The third-order valence-corrected chi connectivity index (χ3v) is 1.80. The largest absolute Gasteiger partial charge is 0.387 e. The van der Waals surface area contributed by atoms with Gasteiger partial charge in [0.2, 0.25) is 0 Å². The number of ether oxygens (including phenoxy) is 1. The summed E-state index contributed by atoms with van der Waals surface area (Å²) in [7, 11) is 0. The van der Waals surface area contributed by atoms with E-state index in [2.05, 4.69) is 10.8 Å². The van der Waals surface area contributed by atoms with Crippen molar-refractivity contribution >= 4 is 23.8 Å². The molecular weight excluding hydrogens is 262 g/mol. The molecule has 1 aromatic carbocycles. The zero-order chi connectivity index (χ0) is 14.8. The van der Waals surface area contributed by atoms with Crippen LogP contribution in [0, 0.1) is 6.07 Å². The lowest BCUT2D eigenvalue weighted by Gasteiger charge is -1.80. The van der Waals surface area contributed by atoms with Crippen molar-refractivity contribution < 1.29 is 23.9 Å². The molecule has 0 saturated carbocycles. The van der Waals surface area contributed by atoms with Gasteiger partial charge in [0, 0.05) is 24.3 Å². The Hall–Kier alpha value is -3.02. The van der Waals surface area contributed by atoms with E-state index in [-0.39, 0.29) is 11.8 Å². The lowest BCUT2D eigenvalue weighted by atomic mass is 10.4. The fourth-order valence-electron chi connectivity index (χ4n) is 1.00. The van der Waals surface area contributed by atoms with Crippen LogP contribution in [-0.4, -0.2) is 23.8 Å². The summed E-state index contributed by atoms with van der Waals surface area (Å²) >= 11 is 0. The van der Waals surface area contributed by atoms with Crippen molar-refractivity contribution in [2.24, 2.45) is 0 Å². The van der Waals surface area contributed by atoms with Crippen molar-refractivity contribution in [1.29, 1.82) is 0 Å². The minimum Gasteiger partial charge on any atom is -0.387 e. The molecular formula is C14H10NO5. The second-order valence-electron chi connectivity index (χ2n) is 3.34. The minimum atomic E-state index is -0.579. The number of carbonyl (C=O) groups is 4. The van der Waals surface area contributed by atoms with Crippen LogP contribution >= 0.6 is 0 Å². The molecule has 1 radical (unpaired) electrons. The van der Waals surface area contributed by atoms with Gasteiger partial charge in [-0.05, 0) is 6.07 Å². The summed E-state index contributed by atoms with van der Waals surface area (Å²) in [6, 6.07) is 12.5. The maximum atomic E-state index is 10.0. The Morgan fingerprint density at radius 1 is 0.750 bits per heavy atom. The summed E-state index contributed by atoms with van der Waals surface area (Å²) in [6.45, 7) is 0. The van der Waals surface area contributed by atoms with Gasteiger partial charge in [-0.15, -0.1) is 0 Å². The fourth-order valence-corrected chi connectivity index (χ4v) is 1.00. The fraction of sp³-hybridized carbons (Fsp3) is 0. The van der Waals surface area contributed by atoms with Gasteiger partial charge in [0.15, 0.2) is 0 Å². The van der Waals surface area contributed by atoms with Gasteiger partial charge in [0.25, 0.3) is 11.8 Å². The highest BCUT2D eigenvalue weighted by molar-refractivity contribution is 6.12. The average molecular weight is 272 g/mol. The number of cyclic esters (lactones) is 2. The molecule has 0 fully saturated rings. The van der Waals surface area contributed by atoms with E-state index in [0.717, 1.165) is 12.2 Å². The van der Waals surface area contributed by atoms with E-state index in [1.165, 1.54) is 12.2 Å². The predicted octanol–water partition coefficient (Wildman–Crippen LogP) is 0.312. The topological polar surface area (TPSA) is 89.5 Å². The first-order chi connectivity index (χ1) is 9.58. The molecule has 0 bridgehead atoms. The van der Waals surface area contributed by atoms with Gasteiger partial charge in [-0.3, -0.25) is 14.9 Å². The molecule has 0 saturated heterocycles. The van der Waals surface area contributed by atoms with Crippen LogP contribution in [-0.2, 0) is 23.9 Å². The van der Waals surface area contributed by atoms with Crippen LogP contribution in [0.15, 0.2) is 54.6 Å². The van der Waals surface area contributed by atoms with Crippen molar-refractivity contribution in [2.75, 3.05) is 0 Å². The first-order valence-electron chi connectivity index (χ1n) is 5.46. The minimum absolute atomic E-state index is 0.329. The van der Waals surface area contributed by atoms with Gasteiger partial charge in [0.05, 0.1) is 0 Å². The molecule has 20 heavy (non-hydrogen) atoms. The van der Waals surface area contributed by atoms with E-state index in [9.17, 15) is 19.2 Å². The Bertz CT molecular complexity index is 465. The van der Waals surface area contributed by atoms with E-state index in [1.54, 1.807) is 0 Å². The van der Waals surface area contributed by atoms with Crippen molar-refractivity contribution in [3.8, 4) is 0 Å². The number of nitrogens with one attached hydrogen (secondary N) is 1. The first kappa shape index (κ1) is 15.0. The normalized spacial score (nSPS) is 14.8. The molecule has 2 heterocycles. The average Bonchev–Trinajstić information content (AvgIpc) is 3.01. The number of rotatable bonds is 0. The highest BCUT2D eigenvalue weighted by Crippen LogP contribution is 1.92. The second-order valence-corrected chi connectivity index (χ2v) is 3.34. The van der Waals surface area contributed by atoms with Crippen molar-refractivity contribution in [1.82, 2.24) is 5.32 Å². The van der Waals surface area contributed by atoms with Crippen molar-refractivity contribution in [2.45, 2.75) is 0 Å². The van der Waals surface area contributed by atoms with Crippen LogP contribution in [0.4, 0.5) is 0 Å². The predicted molar refractivity (Wildman–Crippen MR) is 67.8 cm³/mol. The standard InChI is InChI=1S/C6H5.C4H3NO2.C4H2O3/c1-2-4-6-5-3-1;6-3-1-2-4(7)5-3;5-3-1-2-4(6)7-3/h1-5H;1-2H,(H,5,6,7);1-2H. The van der Waals surface area contributed by atoms with Gasteiger partial charge in [-0.2, -0.15) is 0 Å². The summed E-state index contributed by atoms with van der Waals surface area (Å²) in [6.07, 6.45) is 4.56. The number of benzene rings is 1. The lowest BCUT2D eigenvalue weighted by molar-refractivity contribution is -0.150. The second kappa shape index (κ2) is 8.15. The van der Waals surface area contributed by atoms with Gasteiger partial charge in [0.1, 0.15) is 0 Å².